The van der Waals surface area contributed by atoms with Crippen LogP contribution in [0.1, 0.15) is 28.5 Å². The van der Waals surface area contributed by atoms with Gasteiger partial charge < -0.3 is 9.30 Å². The van der Waals surface area contributed by atoms with Gasteiger partial charge in [-0.25, -0.2) is 4.79 Å². The average Bonchev–Trinajstić information content (AvgIpc) is 2.44. The van der Waals surface area contributed by atoms with Gasteiger partial charge in [0, 0.05) is 18.1 Å². The number of pyridine rings is 1. The molecule has 4 heteroatoms. The molecule has 0 aliphatic heterocycles. The Hall–Kier alpha value is -2.36. The fourth-order valence-corrected chi connectivity index (χ4v) is 2.27. The summed E-state index contributed by atoms with van der Waals surface area (Å²) in [4.78, 5) is 24.3. The van der Waals surface area contributed by atoms with Gasteiger partial charge in [-0.1, -0.05) is 18.2 Å². The van der Waals surface area contributed by atoms with Gasteiger partial charge in [0.1, 0.15) is 5.56 Å². The van der Waals surface area contributed by atoms with Gasteiger partial charge in [-0.3, -0.25) is 4.79 Å². The number of allylic oxidation sites excluding steroid dienone is 1. The Labute approximate surface area is 117 Å². The van der Waals surface area contributed by atoms with E-state index in [2.05, 4.69) is 6.58 Å². The Balaban J connectivity index is 2.95. The Morgan fingerprint density at radius 1 is 1.35 bits per heavy atom. The summed E-state index contributed by atoms with van der Waals surface area (Å²) in [6.45, 7) is 7.49. The normalized spacial score (nSPS) is 10.6. The van der Waals surface area contributed by atoms with Crippen LogP contribution in [0.4, 0.5) is 0 Å². The lowest BCUT2D eigenvalue weighted by Gasteiger charge is -2.14. The number of hydrogen-bond acceptors (Lipinski definition) is 3. The highest BCUT2D eigenvalue weighted by atomic mass is 16.5. The van der Waals surface area contributed by atoms with Crippen molar-refractivity contribution in [2.24, 2.45) is 7.05 Å². The third-order valence-corrected chi connectivity index (χ3v) is 3.58. The second-order valence-electron chi connectivity index (χ2n) is 4.85. The molecule has 20 heavy (non-hydrogen) atoms. The van der Waals surface area contributed by atoms with E-state index in [0.717, 1.165) is 16.7 Å². The zero-order valence-electron chi connectivity index (χ0n) is 12.1. The standard InChI is InChI=1S/C16H17NO3/c1-9(2)11-6-7-13-12(8-11)15(18)14(16(19)20-5)10(3)17(13)4/h6-8H,1H2,2-5H3. The van der Waals surface area contributed by atoms with Crippen LogP contribution in [0.3, 0.4) is 0 Å². The second kappa shape index (κ2) is 4.96. The predicted molar refractivity (Wildman–Crippen MR) is 80.0 cm³/mol. The van der Waals surface area contributed by atoms with Crippen molar-refractivity contribution in [3.05, 3.63) is 51.8 Å². The molecule has 2 aromatic rings. The van der Waals surface area contributed by atoms with E-state index in [1.807, 2.05) is 30.7 Å². The summed E-state index contributed by atoms with van der Waals surface area (Å²) in [6.07, 6.45) is 0. The van der Waals surface area contributed by atoms with Crippen LogP contribution in [-0.2, 0) is 11.8 Å². The lowest BCUT2D eigenvalue weighted by Crippen LogP contribution is -2.22. The molecule has 0 saturated heterocycles. The fraction of sp³-hybridized carbons (Fsp3) is 0.250. The molecule has 0 radical (unpaired) electrons. The zero-order chi connectivity index (χ0) is 15.0. The molecule has 1 aromatic carbocycles. The molecule has 104 valence electrons. The highest BCUT2D eigenvalue weighted by Gasteiger charge is 2.19. The Kier molecular flexibility index (Phi) is 3.49. The maximum atomic E-state index is 12.5. The van der Waals surface area contributed by atoms with Gasteiger partial charge in [-0.2, -0.15) is 0 Å². The molecule has 1 heterocycles. The first-order valence-corrected chi connectivity index (χ1v) is 6.26. The van der Waals surface area contributed by atoms with E-state index in [0.29, 0.717) is 11.1 Å². The van der Waals surface area contributed by atoms with E-state index >= 15 is 0 Å². The van der Waals surface area contributed by atoms with Crippen molar-refractivity contribution in [2.45, 2.75) is 13.8 Å². The van der Waals surface area contributed by atoms with E-state index in [9.17, 15) is 9.59 Å². The lowest BCUT2D eigenvalue weighted by atomic mass is 10.0. The van der Waals surface area contributed by atoms with Crippen LogP contribution in [0, 0.1) is 6.92 Å². The molecular formula is C16H17NO3. The smallest absolute Gasteiger partial charge is 0.343 e. The van der Waals surface area contributed by atoms with Crippen molar-refractivity contribution in [3.63, 3.8) is 0 Å². The SMILES string of the molecule is C=C(C)c1ccc2c(c1)c(=O)c(C(=O)OC)c(C)n2C. The van der Waals surface area contributed by atoms with E-state index < -0.39 is 5.97 Å². The van der Waals surface area contributed by atoms with Gasteiger partial charge in [-0.05, 0) is 31.5 Å². The Morgan fingerprint density at radius 2 is 2.00 bits per heavy atom. The number of esters is 1. The van der Waals surface area contributed by atoms with Gasteiger partial charge in [0.15, 0.2) is 0 Å². The van der Waals surface area contributed by atoms with Gasteiger partial charge in [0.25, 0.3) is 0 Å². The number of hydrogen-bond donors (Lipinski definition) is 0. The van der Waals surface area contributed by atoms with Crippen molar-refractivity contribution in [3.8, 4) is 0 Å². The van der Waals surface area contributed by atoms with Crippen molar-refractivity contribution < 1.29 is 9.53 Å². The quantitative estimate of drug-likeness (QED) is 0.789. The minimum absolute atomic E-state index is 0.0846. The summed E-state index contributed by atoms with van der Waals surface area (Å²) in [7, 11) is 3.10. The molecule has 0 spiro atoms. The number of nitrogens with zero attached hydrogens (tertiary/aromatic N) is 1. The van der Waals surface area contributed by atoms with Gasteiger partial charge in [0.05, 0.1) is 12.6 Å². The molecule has 1 aromatic heterocycles. The summed E-state index contributed by atoms with van der Waals surface area (Å²) in [5.41, 5.74) is 2.91. The van der Waals surface area contributed by atoms with Crippen LogP contribution in [0.15, 0.2) is 29.6 Å². The molecule has 4 nitrogen and oxygen atoms in total. The summed E-state index contributed by atoms with van der Waals surface area (Å²) in [5, 5.41) is 0.499. The van der Waals surface area contributed by atoms with Crippen molar-refractivity contribution in [2.75, 3.05) is 7.11 Å². The second-order valence-corrected chi connectivity index (χ2v) is 4.85. The molecule has 0 aliphatic carbocycles. The van der Waals surface area contributed by atoms with Gasteiger partial charge in [-0.15, -0.1) is 0 Å². The number of aryl methyl sites for hydroxylation is 1. The zero-order valence-corrected chi connectivity index (χ0v) is 12.1. The van der Waals surface area contributed by atoms with Crippen molar-refractivity contribution in [1.82, 2.24) is 4.57 Å². The first-order chi connectivity index (χ1) is 9.38. The lowest BCUT2D eigenvalue weighted by molar-refractivity contribution is 0.0597. The fourth-order valence-electron chi connectivity index (χ4n) is 2.27. The van der Waals surface area contributed by atoms with Crippen LogP contribution in [0.25, 0.3) is 16.5 Å². The minimum atomic E-state index is -0.606. The topological polar surface area (TPSA) is 48.3 Å². The number of methoxy groups -OCH3 is 1. The summed E-state index contributed by atoms with van der Waals surface area (Å²) >= 11 is 0. The number of benzene rings is 1. The highest BCUT2D eigenvalue weighted by Crippen LogP contribution is 2.20. The molecular weight excluding hydrogens is 254 g/mol. The maximum absolute atomic E-state index is 12.5. The van der Waals surface area contributed by atoms with Crippen LogP contribution in [0.2, 0.25) is 0 Å². The minimum Gasteiger partial charge on any atom is -0.465 e. The molecule has 0 atom stereocenters. The van der Waals surface area contributed by atoms with Gasteiger partial charge in [0.2, 0.25) is 5.43 Å². The van der Waals surface area contributed by atoms with E-state index in [1.165, 1.54) is 7.11 Å². The predicted octanol–water partition coefficient (Wildman–Crippen LogP) is 2.67. The summed E-state index contributed by atoms with van der Waals surface area (Å²) < 4.78 is 6.53. The van der Waals surface area contributed by atoms with Crippen LogP contribution >= 0.6 is 0 Å². The molecule has 0 N–H and O–H groups in total. The van der Waals surface area contributed by atoms with Crippen molar-refractivity contribution >= 4 is 22.4 Å². The number of fused-ring (bicyclic) bond motifs is 1. The maximum Gasteiger partial charge on any atom is 0.343 e. The molecule has 0 aliphatic rings. The monoisotopic (exact) mass is 271 g/mol. The number of carbonyl (C=O) groups excluding carboxylic acids is 1. The molecule has 0 unspecified atom stereocenters. The van der Waals surface area contributed by atoms with Crippen LogP contribution < -0.4 is 5.43 Å². The first kappa shape index (κ1) is 14.1. The number of ether oxygens (including phenoxy) is 1. The molecule has 0 amide bonds. The van der Waals surface area contributed by atoms with E-state index in [-0.39, 0.29) is 11.0 Å². The largest absolute Gasteiger partial charge is 0.465 e. The number of carbonyl (C=O) groups is 1. The molecule has 0 fully saturated rings. The average molecular weight is 271 g/mol. The van der Waals surface area contributed by atoms with Crippen LogP contribution in [0.5, 0.6) is 0 Å². The van der Waals surface area contributed by atoms with E-state index in [4.69, 9.17) is 4.74 Å². The number of aromatic nitrogens is 1. The summed E-state index contributed by atoms with van der Waals surface area (Å²) in [6, 6.07) is 5.56. The molecule has 0 saturated carbocycles. The third kappa shape index (κ3) is 2.03. The first-order valence-electron chi connectivity index (χ1n) is 6.26. The Morgan fingerprint density at radius 3 is 2.55 bits per heavy atom. The third-order valence-electron chi connectivity index (χ3n) is 3.58. The highest BCUT2D eigenvalue weighted by molar-refractivity contribution is 5.95. The summed E-state index contributed by atoms with van der Waals surface area (Å²) in [5.74, 6) is -0.606. The van der Waals surface area contributed by atoms with Crippen molar-refractivity contribution in [1.29, 1.82) is 0 Å². The molecule has 2 rings (SSSR count). The van der Waals surface area contributed by atoms with E-state index in [1.54, 1.807) is 13.0 Å². The number of rotatable bonds is 2. The van der Waals surface area contributed by atoms with Crippen LogP contribution in [-0.4, -0.2) is 17.6 Å². The Bertz CT molecular complexity index is 784. The molecule has 0 bridgehead atoms. The van der Waals surface area contributed by atoms with Gasteiger partial charge >= 0.3 is 5.97 Å².